The number of carbonyl (C=O) groups excluding carboxylic acids is 3. The number of hydrogen-bond donors (Lipinski definition) is 0. The summed E-state index contributed by atoms with van der Waals surface area (Å²) in [5.41, 5.74) is 0.697. The van der Waals surface area contributed by atoms with Gasteiger partial charge >= 0.3 is 0 Å². The Labute approximate surface area is 146 Å². The van der Waals surface area contributed by atoms with Crippen molar-refractivity contribution in [2.75, 3.05) is 31.1 Å². The molecule has 2 saturated heterocycles. The fraction of sp³-hybridized carbons (Fsp3) is 0.471. The highest BCUT2D eigenvalue weighted by Gasteiger charge is 2.39. The zero-order valence-electron chi connectivity index (χ0n) is 13.6. The predicted octanol–water partition coefficient (Wildman–Crippen LogP) is 1.53. The third-order valence-electron chi connectivity index (χ3n) is 4.64. The molecule has 128 valence electrons. The van der Waals surface area contributed by atoms with E-state index < -0.39 is 6.04 Å². The van der Waals surface area contributed by atoms with Crippen LogP contribution in [0.3, 0.4) is 0 Å². The van der Waals surface area contributed by atoms with Crippen LogP contribution in [-0.4, -0.2) is 59.7 Å². The van der Waals surface area contributed by atoms with Gasteiger partial charge in [0.1, 0.15) is 6.04 Å². The Bertz CT molecular complexity index is 654. The number of hydrogen-bond acceptors (Lipinski definition) is 3. The van der Waals surface area contributed by atoms with E-state index in [2.05, 4.69) is 0 Å². The lowest BCUT2D eigenvalue weighted by molar-refractivity contribution is -0.139. The number of rotatable bonds is 2. The smallest absolute Gasteiger partial charge is 0.245 e. The van der Waals surface area contributed by atoms with Crippen LogP contribution in [0.1, 0.15) is 19.8 Å². The number of anilines is 1. The van der Waals surface area contributed by atoms with Crippen LogP contribution >= 0.6 is 11.6 Å². The van der Waals surface area contributed by atoms with Crippen molar-refractivity contribution >= 4 is 35.0 Å². The number of piperazine rings is 1. The van der Waals surface area contributed by atoms with E-state index in [-0.39, 0.29) is 17.7 Å². The molecular weight excluding hydrogens is 330 g/mol. The number of benzene rings is 1. The van der Waals surface area contributed by atoms with Gasteiger partial charge in [-0.2, -0.15) is 0 Å². The van der Waals surface area contributed by atoms with Crippen LogP contribution in [0.5, 0.6) is 0 Å². The second-order valence-corrected chi connectivity index (χ2v) is 6.56. The fourth-order valence-electron chi connectivity index (χ4n) is 3.30. The molecule has 0 N–H and O–H groups in total. The van der Waals surface area contributed by atoms with Gasteiger partial charge in [-0.1, -0.05) is 11.6 Å². The van der Waals surface area contributed by atoms with Crippen molar-refractivity contribution in [2.24, 2.45) is 0 Å². The van der Waals surface area contributed by atoms with Gasteiger partial charge in [-0.15, -0.1) is 0 Å². The van der Waals surface area contributed by atoms with Crippen molar-refractivity contribution in [2.45, 2.75) is 25.8 Å². The molecule has 2 fully saturated rings. The molecule has 2 aliphatic heterocycles. The average molecular weight is 350 g/mol. The summed E-state index contributed by atoms with van der Waals surface area (Å²) in [5, 5.41) is 0.591. The van der Waals surface area contributed by atoms with Crippen LogP contribution < -0.4 is 4.90 Å². The largest absolute Gasteiger partial charge is 0.339 e. The van der Waals surface area contributed by atoms with Gasteiger partial charge in [-0.05, 0) is 30.7 Å². The van der Waals surface area contributed by atoms with Crippen molar-refractivity contribution in [1.82, 2.24) is 9.80 Å². The second kappa shape index (κ2) is 6.81. The van der Waals surface area contributed by atoms with Crippen LogP contribution in [0.2, 0.25) is 5.02 Å². The first kappa shape index (κ1) is 16.8. The molecule has 0 aromatic heterocycles. The zero-order chi connectivity index (χ0) is 17.3. The molecule has 1 aromatic rings. The minimum absolute atomic E-state index is 0.0286. The quantitative estimate of drug-likeness (QED) is 0.813. The summed E-state index contributed by atoms with van der Waals surface area (Å²) >= 11 is 5.90. The Hall–Kier alpha value is -2.08. The molecule has 1 aromatic carbocycles. The molecule has 0 radical (unpaired) electrons. The molecule has 0 saturated carbocycles. The van der Waals surface area contributed by atoms with Crippen LogP contribution in [0, 0.1) is 0 Å². The maximum absolute atomic E-state index is 12.9. The van der Waals surface area contributed by atoms with Gasteiger partial charge in [0.15, 0.2) is 0 Å². The van der Waals surface area contributed by atoms with Gasteiger partial charge in [-0.25, -0.2) is 0 Å². The SMILES string of the molecule is CC(=O)N1CCN(C(=O)C2CCC(=O)N2c2ccc(Cl)cc2)CC1. The normalized spacial score (nSPS) is 21.3. The Morgan fingerprint density at radius 3 is 2.21 bits per heavy atom. The average Bonchev–Trinajstić information content (AvgIpc) is 2.96. The molecule has 3 amide bonds. The highest BCUT2D eigenvalue weighted by molar-refractivity contribution is 6.30. The van der Waals surface area contributed by atoms with Gasteiger partial charge in [0, 0.05) is 50.2 Å². The summed E-state index contributed by atoms with van der Waals surface area (Å²) < 4.78 is 0. The molecule has 1 unspecified atom stereocenters. The summed E-state index contributed by atoms with van der Waals surface area (Å²) in [7, 11) is 0. The Kier molecular flexibility index (Phi) is 4.76. The molecule has 24 heavy (non-hydrogen) atoms. The summed E-state index contributed by atoms with van der Waals surface area (Å²) in [6.07, 6.45) is 0.889. The van der Waals surface area contributed by atoms with Crippen LogP contribution in [0.4, 0.5) is 5.69 Å². The lowest BCUT2D eigenvalue weighted by atomic mass is 10.1. The van der Waals surface area contributed by atoms with Crippen LogP contribution in [-0.2, 0) is 14.4 Å². The van der Waals surface area contributed by atoms with Crippen LogP contribution in [0.25, 0.3) is 0 Å². The minimum atomic E-state index is -0.470. The lowest BCUT2D eigenvalue weighted by Crippen LogP contribution is -2.54. The number of amides is 3. The van der Waals surface area contributed by atoms with E-state index >= 15 is 0 Å². The van der Waals surface area contributed by atoms with E-state index in [1.165, 1.54) is 6.92 Å². The van der Waals surface area contributed by atoms with E-state index in [0.717, 1.165) is 0 Å². The molecule has 0 spiro atoms. The molecule has 7 heteroatoms. The maximum atomic E-state index is 12.9. The zero-order valence-corrected chi connectivity index (χ0v) is 14.3. The molecule has 6 nitrogen and oxygen atoms in total. The first-order valence-corrected chi connectivity index (χ1v) is 8.47. The van der Waals surface area contributed by atoms with Crippen molar-refractivity contribution < 1.29 is 14.4 Å². The maximum Gasteiger partial charge on any atom is 0.245 e. The second-order valence-electron chi connectivity index (χ2n) is 6.13. The molecule has 1 atom stereocenters. The number of halogens is 1. The van der Waals surface area contributed by atoms with E-state index in [1.807, 2.05) is 0 Å². The standard InChI is InChI=1S/C17H20ClN3O3/c1-12(22)19-8-10-20(11-9-19)17(24)15-6-7-16(23)21(15)14-4-2-13(18)3-5-14/h2-5,15H,6-11H2,1H3. The summed E-state index contributed by atoms with van der Waals surface area (Å²) in [6.45, 7) is 3.65. The van der Waals surface area contributed by atoms with Crippen molar-refractivity contribution in [3.8, 4) is 0 Å². The topological polar surface area (TPSA) is 60.9 Å². The first-order chi connectivity index (χ1) is 11.5. The Balaban J connectivity index is 1.73. The third-order valence-corrected chi connectivity index (χ3v) is 4.89. The van der Waals surface area contributed by atoms with Crippen molar-refractivity contribution in [1.29, 1.82) is 0 Å². The van der Waals surface area contributed by atoms with Gasteiger partial charge in [0.05, 0.1) is 0 Å². The number of carbonyl (C=O) groups is 3. The molecule has 0 aliphatic carbocycles. The van der Waals surface area contributed by atoms with Crippen molar-refractivity contribution in [3.63, 3.8) is 0 Å². The van der Waals surface area contributed by atoms with Crippen LogP contribution in [0.15, 0.2) is 24.3 Å². The van der Waals surface area contributed by atoms with E-state index in [1.54, 1.807) is 39.0 Å². The first-order valence-electron chi connectivity index (χ1n) is 8.09. The molecular formula is C17H20ClN3O3. The highest BCUT2D eigenvalue weighted by Crippen LogP contribution is 2.29. The summed E-state index contributed by atoms with van der Waals surface area (Å²) in [4.78, 5) is 41.6. The monoisotopic (exact) mass is 349 g/mol. The van der Waals surface area contributed by atoms with E-state index in [4.69, 9.17) is 11.6 Å². The lowest BCUT2D eigenvalue weighted by Gasteiger charge is -2.37. The molecule has 2 aliphatic rings. The van der Waals surface area contributed by atoms with E-state index in [0.29, 0.717) is 49.7 Å². The third kappa shape index (κ3) is 3.24. The fourth-order valence-corrected chi connectivity index (χ4v) is 3.42. The predicted molar refractivity (Wildman–Crippen MR) is 90.8 cm³/mol. The molecule has 2 heterocycles. The summed E-state index contributed by atoms with van der Waals surface area (Å²) in [5.74, 6) is -0.0574. The molecule has 0 bridgehead atoms. The van der Waals surface area contributed by atoms with Gasteiger partial charge in [0.25, 0.3) is 0 Å². The van der Waals surface area contributed by atoms with Crippen molar-refractivity contribution in [3.05, 3.63) is 29.3 Å². The Morgan fingerprint density at radius 2 is 1.62 bits per heavy atom. The van der Waals surface area contributed by atoms with Gasteiger partial charge in [-0.3, -0.25) is 19.3 Å². The van der Waals surface area contributed by atoms with Gasteiger partial charge in [0.2, 0.25) is 17.7 Å². The Morgan fingerprint density at radius 1 is 1.04 bits per heavy atom. The van der Waals surface area contributed by atoms with Gasteiger partial charge < -0.3 is 9.80 Å². The minimum Gasteiger partial charge on any atom is -0.339 e. The number of nitrogens with zero attached hydrogens (tertiary/aromatic N) is 3. The van der Waals surface area contributed by atoms with E-state index in [9.17, 15) is 14.4 Å². The highest BCUT2D eigenvalue weighted by atomic mass is 35.5. The summed E-state index contributed by atoms with van der Waals surface area (Å²) in [6, 6.07) is 6.49. The molecule has 3 rings (SSSR count).